The van der Waals surface area contributed by atoms with Gasteiger partial charge in [0.05, 0.1) is 12.2 Å². The number of fused-ring (bicyclic) bond motifs is 2. The van der Waals surface area contributed by atoms with Gasteiger partial charge >= 0.3 is 5.97 Å². The fourth-order valence-corrected chi connectivity index (χ4v) is 2.89. The maximum Gasteiger partial charge on any atom is 0.345 e. The highest BCUT2D eigenvalue weighted by atomic mass is 16.5. The molecule has 0 atom stereocenters. The van der Waals surface area contributed by atoms with Gasteiger partial charge in [-0.05, 0) is 43.7 Å². The fourth-order valence-electron chi connectivity index (χ4n) is 2.89. The average molecular weight is 297 g/mol. The molecule has 1 aliphatic rings. The van der Waals surface area contributed by atoms with E-state index in [1.807, 2.05) is 0 Å². The molecule has 0 amide bonds. The number of aryl methyl sites for hydroxylation is 1. The summed E-state index contributed by atoms with van der Waals surface area (Å²) in [5.41, 5.74) is 2.10. The summed E-state index contributed by atoms with van der Waals surface area (Å²) in [6.07, 6.45) is 6.63. The van der Waals surface area contributed by atoms with Crippen LogP contribution < -0.4 is 5.56 Å². The second kappa shape index (κ2) is 5.60. The number of esters is 1. The van der Waals surface area contributed by atoms with Gasteiger partial charge in [-0.2, -0.15) is 5.26 Å². The number of hydrogen-bond donors (Lipinski definition) is 0. The van der Waals surface area contributed by atoms with Crippen molar-refractivity contribution in [2.45, 2.75) is 32.6 Å². The molecule has 0 bridgehead atoms. The van der Waals surface area contributed by atoms with Gasteiger partial charge in [0, 0.05) is 12.4 Å². The molecule has 2 aromatic rings. The second-order valence-electron chi connectivity index (χ2n) is 5.22. The van der Waals surface area contributed by atoms with Crippen LogP contribution in [0.2, 0.25) is 0 Å². The van der Waals surface area contributed by atoms with E-state index in [9.17, 15) is 14.9 Å². The molecule has 0 unspecified atom stereocenters. The van der Waals surface area contributed by atoms with Crippen LogP contribution in [0.25, 0.3) is 5.65 Å². The van der Waals surface area contributed by atoms with Crippen molar-refractivity contribution in [2.75, 3.05) is 6.61 Å². The predicted molar refractivity (Wildman–Crippen MR) is 78.8 cm³/mol. The van der Waals surface area contributed by atoms with E-state index in [4.69, 9.17) is 4.74 Å². The van der Waals surface area contributed by atoms with E-state index in [2.05, 4.69) is 11.1 Å². The maximum absolute atomic E-state index is 12.5. The molecule has 1 aliphatic carbocycles. The van der Waals surface area contributed by atoms with E-state index in [1.165, 1.54) is 10.6 Å². The molecule has 112 valence electrons. The molecule has 0 aliphatic heterocycles. The number of carbonyl (C=O) groups is 1. The monoisotopic (exact) mass is 297 g/mol. The number of aromatic nitrogens is 2. The van der Waals surface area contributed by atoms with Gasteiger partial charge in [-0.15, -0.1) is 0 Å². The standard InChI is InChI=1S/C16H15N3O3/c1-2-22-16(21)13-8-18-14-12(7-17)11-6-4-3-5-10(11)9-19(14)15(13)20/h8-9H,2-6H2,1H3. The molecule has 22 heavy (non-hydrogen) atoms. The van der Waals surface area contributed by atoms with Crippen molar-refractivity contribution in [3.8, 4) is 6.07 Å². The Morgan fingerprint density at radius 3 is 2.95 bits per heavy atom. The third-order valence-electron chi connectivity index (χ3n) is 3.92. The quantitative estimate of drug-likeness (QED) is 0.786. The average Bonchev–Trinajstić information content (AvgIpc) is 2.53. The SMILES string of the molecule is CCOC(=O)c1cnc2c(C#N)c3c(cn2c1=O)CCCC3. The van der Waals surface area contributed by atoms with Crippen molar-refractivity contribution in [1.82, 2.24) is 9.38 Å². The van der Waals surface area contributed by atoms with Crippen LogP contribution in [-0.2, 0) is 17.6 Å². The first-order valence-electron chi connectivity index (χ1n) is 7.30. The zero-order valence-corrected chi connectivity index (χ0v) is 12.3. The van der Waals surface area contributed by atoms with Crippen LogP contribution in [0.4, 0.5) is 0 Å². The lowest BCUT2D eigenvalue weighted by molar-refractivity contribution is 0.0523. The van der Waals surface area contributed by atoms with Gasteiger partial charge in [0.2, 0.25) is 0 Å². The van der Waals surface area contributed by atoms with E-state index in [0.29, 0.717) is 11.2 Å². The van der Waals surface area contributed by atoms with Gasteiger partial charge in [-0.25, -0.2) is 9.78 Å². The van der Waals surface area contributed by atoms with E-state index >= 15 is 0 Å². The highest BCUT2D eigenvalue weighted by molar-refractivity contribution is 5.89. The molecule has 0 saturated carbocycles. The van der Waals surface area contributed by atoms with Crippen molar-refractivity contribution in [1.29, 1.82) is 5.26 Å². The highest BCUT2D eigenvalue weighted by Crippen LogP contribution is 2.25. The van der Waals surface area contributed by atoms with E-state index in [-0.39, 0.29) is 12.2 Å². The van der Waals surface area contributed by atoms with Gasteiger partial charge in [0.15, 0.2) is 5.65 Å². The summed E-state index contributed by atoms with van der Waals surface area (Å²) in [6, 6.07) is 2.16. The number of rotatable bonds is 2. The molecule has 0 aromatic carbocycles. The van der Waals surface area contributed by atoms with Crippen molar-refractivity contribution in [3.05, 3.63) is 45.0 Å². The summed E-state index contributed by atoms with van der Waals surface area (Å²) in [4.78, 5) is 28.5. The topological polar surface area (TPSA) is 84.5 Å². The highest BCUT2D eigenvalue weighted by Gasteiger charge is 2.21. The molecule has 2 heterocycles. The van der Waals surface area contributed by atoms with Crippen LogP contribution in [0, 0.1) is 11.3 Å². The maximum atomic E-state index is 12.5. The minimum absolute atomic E-state index is 0.112. The number of nitriles is 1. The zero-order chi connectivity index (χ0) is 15.7. The zero-order valence-electron chi connectivity index (χ0n) is 12.3. The Morgan fingerprint density at radius 2 is 2.23 bits per heavy atom. The molecule has 3 rings (SSSR count). The smallest absolute Gasteiger partial charge is 0.345 e. The van der Waals surface area contributed by atoms with Gasteiger partial charge in [-0.1, -0.05) is 0 Å². The van der Waals surface area contributed by atoms with Crippen LogP contribution >= 0.6 is 0 Å². The van der Waals surface area contributed by atoms with Crippen LogP contribution in [0.15, 0.2) is 17.2 Å². The largest absolute Gasteiger partial charge is 0.462 e. The first-order valence-corrected chi connectivity index (χ1v) is 7.30. The summed E-state index contributed by atoms with van der Waals surface area (Å²) in [7, 11) is 0. The summed E-state index contributed by atoms with van der Waals surface area (Å²) >= 11 is 0. The third kappa shape index (κ3) is 2.15. The molecule has 2 aromatic heterocycles. The Balaban J connectivity index is 2.30. The Bertz CT molecular complexity index is 862. The number of nitrogens with zero attached hydrogens (tertiary/aromatic N) is 3. The van der Waals surface area contributed by atoms with Crippen molar-refractivity contribution in [2.24, 2.45) is 0 Å². The Morgan fingerprint density at radius 1 is 1.45 bits per heavy atom. The van der Waals surface area contributed by atoms with E-state index in [1.54, 1.807) is 13.1 Å². The molecule has 0 N–H and O–H groups in total. The molecule has 6 nitrogen and oxygen atoms in total. The number of carbonyl (C=O) groups excluding carboxylic acids is 1. The summed E-state index contributed by atoms with van der Waals surface area (Å²) in [5, 5.41) is 9.45. The number of ether oxygens (including phenoxy) is 1. The van der Waals surface area contributed by atoms with Gasteiger partial charge in [0.1, 0.15) is 11.6 Å². The lowest BCUT2D eigenvalue weighted by Gasteiger charge is -2.18. The van der Waals surface area contributed by atoms with Crippen LogP contribution in [-0.4, -0.2) is 22.0 Å². The van der Waals surface area contributed by atoms with Crippen LogP contribution in [0.1, 0.15) is 46.8 Å². The number of pyridine rings is 1. The van der Waals surface area contributed by atoms with Gasteiger partial charge < -0.3 is 4.74 Å². The minimum atomic E-state index is -0.689. The first kappa shape index (κ1) is 14.3. The van der Waals surface area contributed by atoms with Crippen molar-refractivity contribution in [3.63, 3.8) is 0 Å². The summed E-state index contributed by atoms with van der Waals surface area (Å²) in [6.45, 7) is 1.86. The lowest BCUT2D eigenvalue weighted by atomic mass is 9.90. The van der Waals surface area contributed by atoms with Gasteiger partial charge in [-0.3, -0.25) is 9.20 Å². The van der Waals surface area contributed by atoms with E-state index < -0.39 is 11.5 Å². The molecule has 0 spiro atoms. The van der Waals surface area contributed by atoms with Crippen LogP contribution in [0.5, 0.6) is 0 Å². The first-order chi connectivity index (χ1) is 10.7. The summed E-state index contributed by atoms with van der Waals surface area (Å²) in [5.74, 6) is -0.689. The second-order valence-corrected chi connectivity index (χ2v) is 5.22. The Hall–Kier alpha value is -2.68. The molecule has 0 fully saturated rings. The number of hydrogen-bond acceptors (Lipinski definition) is 5. The van der Waals surface area contributed by atoms with Crippen LogP contribution in [0.3, 0.4) is 0 Å². The van der Waals surface area contributed by atoms with Crippen molar-refractivity contribution < 1.29 is 9.53 Å². The fraction of sp³-hybridized carbons (Fsp3) is 0.375. The molecule has 0 saturated heterocycles. The Labute approximate surface area is 127 Å². The Kier molecular flexibility index (Phi) is 3.63. The summed E-state index contributed by atoms with van der Waals surface area (Å²) < 4.78 is 6.17. The van der Waals surface area contributed by atoms with Crippen molar-refractivity contribution >= 4 is 11.6 Å². The van der Waals surface area contributed by atoms with E-state index in [0.717, 1.165) is 36.8 Å². The molecular weight excluding hydrogens is 282 g/mol. The predicted octanol–water partition coefficient (Wildman–Crippen LogP) is 1.62. The molecule has 6 heteroatoms. The lowest BCUT2D eigenvalue weighted by Crippen LogP contribution is -2.26. The normalized spacial score (nSPS) is 13.5. The molecule has 0 radical (unpaired) electrons. The third-order valence-corrected chi connectivity index (χ3v) is 3.92. The van der Waals surface area contributed by atoms with Gasteiger partial charge in [0.25, 0.3) is 5.56 Å². The minimum Gasteiger partial charge on any atom is -0.462 e. The molecular formula is C16H15N3O3.